The number of nitrogens with one attached hydrogen (secondary N) is 6. The van der Waals surface area contributed by atoms with Crippen molar-refractivity contribution in [2.45, 2.75) is 89.6 Å². The lowest BCUT2D eigenvalue weighted by molar-refractivity contribution is -0.131. The Bertz CT molecular complexity index is 1250. The summed E-state index contributed by atoms with van der Waals surface area (Å²) < 4.78 is 32.9. The van der Waals surface area contributed by atoms with Crippen LogP contribution in [-0.2, 0) is 66.6 Å². The van der Waals surface area contributed by atoms with Crippen molar-refractivity contribution in [2.75, 3.05) is 98.4 Å². The average molecular weight is 904 g/mol. The molecule has 0 saturated carbocycles. The van der Waals surface area contributed by atoms with Crippen molar-refractivity contribution in [2.24, 2.45) is 17.7 Å². The van der Waals surface area contributed by atoms with E-state index in [1.165, 1.54) is 0 Å². The summed E-state index contributed by atoms with van der Waals surface area (Å²) in [4.78, 5) is 90.3. The Morgan fingerprint density at radius 1 is 0.500 bits per heavy atom. The number of nitrogens with two attached hydrogens (primary N) is 3. The number of ether oxygens (including phenoxy) is 3. The lowest BCUT2D eigenvalue weighted by atomic mass is 10.1. The van der Waals surface area contributed by atoms with Crippen molar-refractivity contribution in [1.29, 1.82) is 0 Å². The Morgan fingerprint density at radius 3 is 1.42 bits per heavy atom. The molecule has 60 heavy (non-hydrogen) atoms. The van der Waals surface area contributed by atoms with Crippen molar-refractivity contribution in [3.05, 3.63) is 0 Å². The molecule has 350 valence electrons. The summed E-state index contributed by atoms with van der Waals surface area (Å²) in [7, 11) is 0. The van der Waals surface area contributed by atoms with Crippen molar-refractivity contribution in [3.63, 3.8) is 0 Å². The Labute approximate surface area is 357 Å². The van der Waals surface area contributed by atoms with Gasteiger partial charge in [0.25, 0.3) is 6.57 Å². The number of carbonyl (C=O) groups excluding carboxylic acids is 6. The molecule has 0 aliphatic rings. The highest BCUT2D eigenvalue weighted by Crippen LogP contribution is 2.51. The number of hydrogen-bond acceptors (Lipinski definition) is 17. The molecule has 0 aliphatic carbocycles. The van der Waals surface area contributed by atoms with Crippen molar-refractivity contribution >= 4 is 54.3 Å². The summed E-state index contributed by atoms with van der Waals surface area (Å²) in [6.07, 6.45) is 3.25. The number of carbonyl (C=O) groups is 6. The Kier molecular flexibility index (Phi) is 36.9. The van der Waals surface area contributed by atoms with Crippen LogP contribution in [0.25, 0.3) is 0 Å². The molecular weight excluding hydrogens is 833 g/mol. The molecule has 0 bridgehead atoms. The fourth-order valence-corrected chi connectivity index (χ4v) is 5.79. The molecule has 0 saturated heterocycles. The van der Waals surface area contributed by atoms with Gasteiger partial charge >= 0.3 is 0 Å². The maximum Gasteiger partial charge on any atom is 0.254 e. The first kappa shape index (κ1) is 57.0. The smallest absolute Gasteiger partial charge is 0.254 e. The second-order valence-corrected chi connectivity index (χ2v) is 17.1. The SMILES string of the molecule is CCP(=O)(S)OCCCCCCNC(=O)CCCC(=O)NC(CCC(=O)NC(CCC(=O)NCCOCCON)C(=O)NCCOCCON)C(=O)NCCOCCON. The minimum Gasteiger partial charge on any atom is -0.377 e. The summed E-state index contributed by atoms with van der Waals surface area (Å²) in [6, 6.07) is -2.25. The van der Waals surface area contributed by atoms with Gasteiger partial charge < -0.3 is 65.1 Å². The highest BCUT2D eigenvalue weighted by molar-refractivity contribution is 8.46. The quantitative estimate of drug-likeness (QED) is 0.0146. The van der Waals surface area contributed by atoms with Crippen LogP contribution in [0.15, 0.2) is 0 Å². The van der Waals surface area contributed by atoms with Crippen molar-refractivity contribution in [3.8, 4) is 0 Å². The summed E-state index contributed by atoms with van der Waals surface area (Å²) in [5.74, 6) is 12.0. The van der Waals surface area contributed by atoms with Crippen LogP contribution in [0.5, 0.6) is 0 Å². The molecule has 0 rings (SSSR count). The van der Waals surface area contributed by atoms with Crippen LogP contribution in [0.1, 0.15) is 77.6 Å². The summed E-state index contributed by atoms with van der Waals surface area (Å²) in [5, 5.41) is 16.1. The van der Waals surface area contributed by atoms with Gasteiger partial charge in [0, 0.05) is 58.0 Å². The van der Waals surface area contributed by atoms with E-state index < -0.39 is 42.3 Å². The first-order valence-corrected chi connectivity index (χ1v) is 23.2. The molecule has 0 radical (unpaired) electrons. The van der Waals surface area contributed by atoms with E-state index in [1.54, 1.807) is 6.92 Å². The molecule has 12 N–H and O–H groups in total. The van der Waals surface area contributed by atoms with Crippen LogP contribution in [0, 0.1) is 0 Å². The summed E-state index contributed by atoms with van der Waals surface area (Å²) in [5.41, 5.74) is 0. The van der Waals surface area contributed by atoms with Crippen LogP contribution >= 0.6 is 18.8 Å². The Balaban J connectivity index is 5.16. The fraction of sp³-hybridized carbons (Fsp3) is 0.829. The standard InChI is InChI=1S/C35H70N9O14PS/c1-2-59(51,60)58-18-6-4-3-5-14-39-30(45)8-7-9-32(47)43-29(35(50)42-17-21-54-24-27-57-38)11-13-33(48)44-28(34(49)41-16-20-53-23-26-56-37)10-12-31(46)40-15-19-52-22-25-55-36/h28-29H,2-27,36-38H2,1H3,(H,39,45)(H,40,46)(H,41,49)(H,42,50)(H,43,47)(H,44,48)(H,51,60). The van der Waals surface area contributed by atoms with E-state index >= 15 is 0 Å². The van der Waals surface area contributed by atoms with Gasteiger partial charge in [-0.05, 0) is 32.1 Å². The van der Waals surface area contributed by atoms with Gasteiger partial charge in [-0.2, -0.15) is 0 Å². The van der Waals surface area contributed by atoms with Gasteiger partial charge in [-0.15, -0.1) is 0 Å². The van der Waals surface area contributed by atoms with Crippen LogP contribution in [-0.4, -0.2) is 146 Å². The third-order valence-corrected chi connectivity index (χ3v) is 10.8. The maximum atomic E-state index is 13.2. The monoisotopic (exact) mass is 903 g/mol. The predicted octanol–water partition coefficient (Wildman–Crippen LogP) is -1.41. The minimum absolute atomic E-state index is 0.0488. The molecule has 0 aliphatic heterocycles. The van der Waals surface area contributed by atoms with Crippen LogP contribution in [0.3, 0.4) is 0 Å². The van der Waals surface area contributed by atoms with E-state index in [1.807, 2.05) is 0 Å². The second-order valence-electron chi connectivity index (χ2n) is 13.1. The van der Waals surface area contributed by atoms with Gasteiger partial charge in [0.05, 0.1) is 66.1 Å². The fourth-order valence-electron chi connectivity index (χ4n) is 4.94. The highest BCUT2D eigenvalue weighted by atomic mass is 32.7. The Morgan fingerprint density at radius 2 is 0.917 bits per heavy atom. The van der Waals surface area contributed by atoms with E-state index in [9.17, 15) is 33.3 Å². The van der Waals surface area contributed by atoms with Crippen LogP contribution in [0.4, 0.5) is 0 Å². The number of rotatable bonds is 41. The first-order valence-electron chi connectivity index (χ1n) is 20.2. The third-order valence-electron chi connectivity index (χ3n) is 8.21. The topological polar surface area (TPSA) is 334 Å². The molecule has 0 aromatic rings. The number of unbranched alkanes of at least 4 members (excludes halogenated alkanes) is 3. The molecule has 6 amide bonds. The van der Waals surface area contributed by atoms with E-state index in [0.29, 0.717) is 19.3 Å². The number of thiol groups is 1. The molecule has 0 heterocycles. The summed E-state index contributed by atoms with van der Waals surface area (Å²) >= 11 is 4.01. The van der Waals surface area contributed by atoms with Gasteiger partial charge in [-0.3, -0.25) is 33.3 Å². The van der Waals surface area contributed by atoms with Gasteiger partial charge in [0.2, 0.25) is 35.4 Å². The molecule has 3 unspecified atom stereocenters. The molecule has 0 fully saturated rings. The molecule has 25 heteroatoms. The molecule has 23 nitrogen and oxygen atoms in total. The third kappa shape index (κ3) is 34.7. The van der Waals surface area contributed by atoms with E-state index in [4.69, 9.17) is 36.4 Å². The molecule has 0 aromatic heterocycles. The largest absolute Gasteiger partial charge is 0.377 e. The number of amides is 6. The highest BCUT2D eigenvalue weighted by Gasteiger charge is 2.25. The van der Waals surface area contributed by atoms with E-state index in [0.717, 1.165) is 25.7 Å². The maximum absolute atomic E-state index is 13.2. The minimum atomic E-state index is -2.80. The van der Waals surface area contributed by atoms with Gasteiger partial charge in [0.1, 0.15) is 12.1 Å². The zero-order valence-corrected chi connectivity index (χ0v) is 36.7. The zero-order chi connectivity index (χ0) is 44.7. The molecule has 0 aromatic carbocycles. The van der Waals surface area contributed by atoms with Crippen molar-refractivity contribution in [1.82, 2.24) is 31.9 Å². The zero-order valence-electron chi connectivity index (χ0n) is 34.9. The average Bonchev–Trinajstić information content (AvgIpc) is 3.22. The lowest BCUT2D eigenvalue weighted by Gasteiger charge is -2.21. The lowest BCUT2D eigenvalue weighted by Crippen LogP contribution is -2.50. The predicted molar refractivity (Wildman–Crippen MR) is 223 cm³/mol. The second kappa shape index (κ2) is 38.9. The van der Waals surface area contributed by atoms with Gasteiger partial charge in [-0.1, -0.05) is 32.0 Å². The van der Waals surface area contributed by atoms with E-state index in [2.05, 4.69) is 58.7 Å². The number of hydrogen-bond donors (Lipinski definition) is 10. The normalized spacial score (nSPS) is 13.1. The Hall–Kier alpha value is -3.00. The van der Waals surface area contributed by atoms with Gasteiger partial charge in [0.15, 0.2) is 0 Å². The molecular formula is C35H70N9O14PS. The van der Waals surface area contributed by atoms with Gasteiger partial charge in [-0.25, -0.2) is 17.7 Å². The van der Waals surface area contributed by atoms with Crippen LogP contribution < -0.4 is 49.6 Å². The summed E-state index contributed by atoms with van der Waals surface area (Å²) in [6.45, 7) is 1.83. The van der Waals surface area contributed by atoms with E-state index in [-0.39, 0.29) is 136 Å². The van der Waals surface area contributed by atoms with Crippen molar-refractivity contribution < 1.29 is 66.6 Å². The van der Waals surface area contributed by atoms with Crippen LogP contribution in [0.2, 0.25) is 0 Å². The first-order chi connectivity index (χ1) is 28.9. The molecule has 3 atom stereocenters. The molecule has 0 spiro atoms.